The molecule has 1 aromatic carbocycles. The van der Waals surface area contributed by atoms with Crippen molar-refractivity contribution < 1.29 is 9.32 Å². The van der Waals surface area contributed by atoms with Gasteiger partial charge < -0.3 is 19.7 Å². The number of hydrogen-bond donors (Lipinski definition) is 2. The van der Waals surface area contributed by atoms with Crippen molar-refractivity contribution in [3.8, 4) is 0 Å². The molecule has 1 atom stereocenters. The second kappa shape index (κ2) is 6.86. The Hall–Kier alpha value is -3.16. The molecule has 3 heterocycles. The standard InChI is InChI=1S/C19H21N5O3/c1-11-17(12(2)27-23-11)15-8-5-9-24(15)19(26)20-10-16-21-14-7-4-3-6-13(14)18(25)22-16/h3-4,6-7,15H,5,8-10H2,1-2H3,(H,20,26)(H,21,22,25). The molecule has 0 radical (unpaired) electrons. The first kappa shape index (κ1) is 17.3. The van der Waals surface area contributed by atoms with Crippen LogP contribution in [0.25, 0.3) is 10.9 Å². The number of urea groups is 1. The maximum Gasteiger partial charge on any atom is 0.318 e. The number of aryl methyl sites for hydroxylation is 2. The lowest BCUT2D eigenvalue weighted by atomic mass is 10.0. The van der Waals surface area contributed by atoms with Gasteiger partial charge in [-0.15, -0.1) is 0 Å². The first-order valence-corrected chi connectivity index (χ1v) is 9.00. The number of rotatable bonds is 3. The van der Waals surface area contributed by atoms with Crippen LogP contribution in [0.4, 0.5) is 4.79 Å². The lowest BCUT2D eigenvalue weighted by Crippen LogP contribution is -2.39. The van der Waals surface area contributed by atoms with Crippen LogP contribution in [-0.2, 0) is 6.54 Å². The van der Waals surface area contributed by atoms with Crippen molar-refractivity contribution >= 4 is 16.9 Å². The summed E-state index contributed by atoms with van der Waals surface area (Å²) in [4.78, 5) is 33.8. The number of para-hydroxylation sites is 1. The van der Waals surface area contributed by atoms with Crippen LogP contribution in [0.15, 0.2) is 33.6 Å². The highest BCUT2D eigenvalue weighted by atomic mass is 16.5. The van der Waals surface area contributed by atoms with Crippen molar-refractivity contribution in [1.29, 1.82) is 0 Å². The van der Waals surface area contributed by atoms with Gasteiger partial charge in [-0.1, -0.05) is 17.3 Å². The zero-order chi connectivity index (χ0) is 19.0. The number of H-pyrrole nitrogens is 1. The summed E-state index contributed by atoms with van der Waals surface area (Å²) in [6, 6.07) is 6.90. The van der Waals surface area contributed by atoms with Crippen molar-refractivity contribution in [2.75, 3.05) is 6.54 Å². The van der Waals surface area contributed by atoms with E-state index in [1.54, 1.807) is 23.1 Å². The van der Waals surface area contributed by atoms with Crippen molar-refractivity contribution in [2.45, 2.75) is 39.3 Å². The highest BCUT2D eigenvalue weighted by molar-refractivity contribution is 5.77. The predicted octanol–water partition coefficient (Wildman–Crippen LogP) is 2.57. The van der Waals surface area contributed by atoms with Crippen LogP contribution in [0.5, 0.6) is 0 Å². The SMILES string of the molecule is Cc1noc(C)c1C1CCCN1C(=O)NCc1nc2ccccc2c(=O)[nH]1. The molecule has 1 fully saturated rings. The third kappa shape index (κ3) is 3.18. The highest BCUT2D eigenvalue weighted by Crippen LogP contribution is 2.35. The predicted molar refractivity (Wildman–Crippen MR) is 99.3 cm³/mol. The molecule has 4 rings (SSSR count). The van der Waals surface area contributed by atoms with E-state index in [-0.39, 0.29) is 24.2 Å². The van der Waals surface area contributed by atoms with Crippen molar-refractivity contribution in [3.63, 3.8) is 0 Å². The summed E-state index contributed by atoms with van der Waals surface area (Å²) in [5, 5.41) is 7.40. The van der Waals surface area contributed by atoms with E-state index < -0.39 is 0 Å². The number of aromatic amines is 1. The molecular weight excluding hydrogens is 346 g/mol. The first-order chi connectivity index (χ1) is 13.0. The van der Waals surface area contributed by atoms with Gasteiger partial charge in [-0.3, -0.25) is 4.79 Å². The Balaban J connectivity index is 1.50. The molecule has 1 saturated heterocycles. The second-order valence-electron chi connectivity index (χ2n) is 6.78. The van der Waals surface area contributed by atoms with Gasteiger partial charge in [-0.2, -0.15) is 0 Å². The van der Waals surface area contributed by atoms with Gasteiger partial charge in [0.05, 0.1) is 29.2 Å². The van der Waals surface area contributed by atoms with Crippen molar-refractivity contribution in [3.05, 3.63) is 57.5 Å². The Kier molecular flexibility index (Phi) is 4.39. The molecule has 140 valence electrons. The van der Waals surface area contributed by atoms with E-state index in [1.165, 1.54) is 0 Å². The lowest BCUT2D eigenvalue weighted by molar-refractivity contribution is 0.192. The molecule has 0 bridgehead atoms. The average molecular weight is 367 g/mol. The molecule has 2 amide bonds. The molecule has 1 unspecified atom stereocenters. The normalized spacial score (nSPS) is 16.8. The van der Waals surface area contributed by atoms with E-state index in [1.807, 2.05) is 19.9 Å². The number of carbonyl (C=O) groups is 1. The Morgan fingerprint density at radius 2 is 2.19 bits per heavy atom. The van der Waals surface area contributed by atoms with Crippen LogP contribution in [0.3, 0.4) is 0 Å². The molecule has 1 aliphatic rings. The number of aromatic nitrogens is 3. The quantitative estimate of drug-likeness (QED) is 0.740. The van der Waals surface area contributed by atoms with Crippen LogP contribution in [0.2, 0.25) is 0 Å². The summed E-state index contributed by atoms with van der Waals surface area (Å²) in [6.45, 7) is 4.59. The molecule has 0 spiro atoms. The molecule has 2 aromatic heterocycles. The number of fused-ring (bicyclic) bond motifs is 1. The largest absolute Gasteiger partial charge is 0.361 e. The number of benzene rings is 1. The molecule has 1 aliphatic heterocycles. The van der Waals surface area contributed by atoms with Crippen LogP contribution in [0, 0.1) is 13.8 Å². The van der Waals surface area contributed by atoms with E-state index in [9.17, 15) is 9.59 Å². The molecule has 0 aliphatic carbocycles. The number of nitrogens with zero attached hydrogens (tertiary/aromatic N) is 3. The minimum Gasteiger partial charge on any atom is -0.361 e. The minimum absolute atomic E-state index is 0.0418. The molecule has 3 aromatic rings. The maximum atomic E-state index is 12.7. The Labute approximate surface area is 155 Å². The smallest absolute Gasteiger partial charge is 0.318 e. The van der Waals surface area contributed by atoms with Crippen LogP contribution >= 0.6 is 0 Å². The number of likely N-dealkylation sites (tertiary alicyclic amines) is 1. The third-order valence-corrected chi connectivity index (χ3v) is 5.00. The number of amides is 2. The number of hydrogen-bond acceptors (Lipinski definition) is 5. The van der Waals surface area contributed by atoms with E-state index in [4.69, 9.17) is 4.52 Å². The molecule has 0 saturated carbocycles. The summed E-state index contributed by atoms with van der Waals surface area (Å²) >= 11 is 0. The monoisotopic (exact) mass is 367 g/mol. The zero-order valence-corrected chi connectivity index (χ0v) is 15.3. The Bertz CT molecular complexity index is 1040. The third-order valence-electron chi connectivity index (χ3n) is 5.00. The zero-order valence-electron chi connectivity index (χ0n) is 15.3. The first-order valence-electron chi connectivity index (χ1n) is 9.00. The second-order valence-corrected chi connectivity index (χ2v) is 6.78. The molecule has 2 N–H and O–H groups in total. The lowest BCUT2D eigenvalue weighted by Gasteiger charge is -2.25. The van der Waals surface area contributed by atoms with Crippen molar-refractivity contribution in [2.24, 2.45) is 0 Å². The van der Waals surface area contributed by atoms with E-state index in [0.29, 0.717) is 23.3 Å². The fourth-order valence-corrected chi connectivity index (χ4v) is 3.76. The number of nitrogens with one attached hydrogen (secondary N) is 2. The summed E-state index contributed by atoms with van der Waals surface area (Å²) in [5.41, 5.74) is 2.21. The summed E-state index contributed by atoms with van der Waals surface area (Å²) < 4.78 is 5.26. The van der Waals surface area contributed by atoms with E-state index >= 15 is 0 Å². The van der Waals surface area contributed by atoms with Gasteiger partial charge in [-0.05, 0) is 38.8 Å². The maximum absolute atomic E-state index is 12.7. The van der Waals surface area contributed by atoms with Gasteiger partial charge >= 0.3 is 6.03 Å². The Morgan fingerprint density at radius 1 is 1.37 bits per heavy atom. The van der Waals surface area contributed by atoms with Gasteiger partial charge in [0.15, 0.2) is 0 Å². The fourth-order valence-electron chi connectivity index (χ4n) is 3.76. The van der Waals surface area contributed by atoms with Gasteiger partial charge in [0, 0.05) is 12.1 Å². The van der Waals surface area contributed by atoms with Crippen molar-refractivity contribution in [1.82, 2.24) is 25.3 Å². The van der Waals surface area contributed by atoms with Gasteiger partial charge in [-0.25, -0.2) is 9.78 Å². The van der Waals surface area contributed by atoms with Crippen LogP contribution in [-0.4, -0.2) is 32.6 Å². The average Bonchev–Trinajstić information content (AvgIpc) is 3.26. The molecule has 8 nitrogen and oxygen atoms in total. The summed E-state index contributed by atoms with van der Waals surface area (Å²) in [5.74, 6) is 1.18. The highest BCUT2D eigenvalue weighted by Gasteiger charge is 2.33. The topological polar surface area (TPSA) is 104 Å². The molecule has 8 heteroatoms. The van der Waals surface area contributed by atoms with Gasteiger partial charge in [0.25, 0.3) is 5.56 Å². The van der Waals surface area contributed by atoms with Crippen LogP contribution < -0.4 is 10.9 Å². The Morgan fingerprint density at radius 3 is 2.96 bits per heavy atom. The minimum atomic E-state index is -0.209. The summed E-state index contributed by atoms with van der Waals surface area (Å²) in [7, 11) is 0. The van der Waals surface area contributed by atoms with Crippen LogP contribution in [0.1, 0.15) is 41.7 Å². The van der Waals surface area contributed by atoms with Gasteiger partial charge in [0.2, 0.25) is 0 Å². The van der Waals surface area contributed by atoms with Gasteiger partial charge in [0.1, 0.15) is 11.6 Å². The molecular formula is C19H21N5O3. The molecule has 27 heavy (non-hydrogen) atoms. The fraction of sp³-hybridized carbons (Fsp3) is 0.368. The summed E-state index contributed by atoms with van der Waals surface area (Å²) in [6.07, 6.45) is 1.80. The number of carbonyl (C=O) groups excluding carboxylic acids is 1. The van der Waals surface area contributed by atoms with E-state index in [0.717, 1.165) is 29.9 Å². The van der Waals surface area contributed by atoms with E-state index in [2.05, 4.69) is 20.4 Å².